The van der Waals surface area contributed by atoms with Crippen molar-refractivity contribution in [2.24, 2.45) is 0 Å². The van der Waals surface area contributed by atoms with Gasteiger partial charge in [-0.15, -0.1) is 6.58 Å². The summed E-state index contributed by atoms with van der Waals surface area (Å²) in [6, 6.07) is 6.09. The third-order valence-corrected chi connectivity index (χ3v) is 1.61. The Bertz CT molecular complexity index is 274. The molecule has 0 aliphatic heterocycles. The molecule has 0 saturated heterocycles. The lowest BCUT2D eigenvalue weighted by atomic mass is 10.1. The molecule has 1 aromatic rings. The Morgan fingerprint density at radius 3 is 2.46 bits per heavy atom. The Balaban J connectivity index is 2.60. The average molecular weight is 177 g/mol. The third-order valence-electron chi connectivity index (χ3n) is 1.61. The van der Waals surface area contributed by atoms with Gasteiger partial charge in [0.1, 0.15) is 5.75 Å². The van der Waals surface area contributed by atoms with Crippen LogP contribution in [0.4, 0.5) is 0 Å². The first-order valence-corrected chi connectivity index (χ1v) is 4.31. The molecule has 2 nitrogen and oxygen atoms in total. The fourth-order valence-electron chi connectivity index (χ4n) is 1.18. The maximum atomic E-state index is 5.29. The van der Waals surface area contributed by atoms with Gasteiger partial charge in [0.05, 0.1) is 0 Å². The van der Waals surface area contributed by atoms with Crippen LogP contribution in [0.5, 0.6) is 5.75 Å². The van der Waals surface area contributed by atoms with Gasteiger partial charge in [-0.1, -0.05) is 12.1 Å². The maximum Gasteiger partial charge on any atom is 0.147 e. The molecule has 1 N–H and O–H groups in total. The molecule has 0 atom stereocenters. The summed E-state index contributed by atoms with van der Waals surface area (Å²) in [5, 5.41) is 0. The van der Waals surface area contributed by atoms with Gasteiger partial charge in [0.2, 0.25) is 0 Å². The molecule has 0 spiro atoms. The van der Waals surface area contributed by atoms with E-state index in [1.54, 1.807) is 6.08 Å². The minimum atomic E-state index is 0.646. The predicted molar refractivity (Wildman–Crippen MR) is 54.7 cm³/mol. The minimum absolute atomic E-state index is 0.646. The fourth-order valence-corrected chi connectivity index (χ4v) is 1.18. The van der Waals surface area contributed by atoms with Gasteiger partial charge in [-0.25, -0.2) is 0 Å². The third kappa shape index (κ3) is 3.30. The molecular formula is C11H15NO. The lowest BCUT2D eigenvalue weighted by molar-refractivity contribution is 0.209. The van der Waals surface area contributed by atoms with Crippen LogP contribution in [0.1, 0.15) is 11.1 Å². The minimum Gasteiger partial charge on any atom is -0.408 e. The Morgan fingerprint density at radius 2 is 1.92 bits per heavy atom. The van der Waals surface area contributed by atoms with Crippen molar-refractivity contribution in [3.05, 3.63) is 42.0 Å². The van der Waals surface area contributed by atoms with Crippen LogP contribution >= 0.6 is 0 Å². The van der Waals surface area contributed by atoms with Crippen molar-refractivity contribution in [2.75, 3.05) is 6.54 Å². The van der Waals surface area contributed by atoms with Gasteiger partial charge in [0.25, 0.3) is 0 Å². The smallest absolute Gasteiger partial charge is 0.147 e. The van der Waals surface area contributed by atoms with Gasteiger partial charge in [-0.05, 0) is 37.1 Å². The Kier molecular flexibility index (Phi) is 3.53. The van der Waals surface area contributed by atoms with Crippen LogP contribution in [0.2, 0.25) is 0 Å². The molecule has 13 heavy (non-hydrogen) atoms. The highest BCUT2D eigenvalue weighted by Crippen LogP contribution is 2.14. The molecule has 0 unspecified atom stereocenters. The van der Waals surface area contributed by atoms with Crippen LogP contribution in [-0.4, -0.2) is 6.54 Å². The molecule has 0 saturated carbocycles. The zero-order valence-electron chi connectivity index (χ0n) is 8.13. The summed E-state index contributed by atoms with van der Waals surface area (Å²) in [5.74, 6) is 0.847. The van der Waals surface area contributed by atoms with E-state index < -0.39 is 0 Å². The molecule has 0 fully saturated rings. The average Bonchev–Trinajstić information content (AvgIpc) is 2.03. The largest absolute Gasteiger partial charge is 0.408 e. The highest BCUT2D eigenvalue weighted by molar-refractivity contribution is 5.32. The topological polar surface area (TPSA) is 21.3 Å². The Hall–Kier alpha value is -1.28. The summed E-state index contributed by atoms with van der Waals surface area (Å²) in [7, 11) is 0. The molecule has 70 valence electrons. The van der Waals surface area contributed by atoms with Crippen molar-refractivity contribution in [3.8, 4) is 5.75 Å². The van der Waals surface area contributed by atoms with E-state index in [-0.39, 0.29) is 0 Å². The number of hydroxylamine groups is 1. The van der Waals surface area contributed by atoms with Gasteiger partial charge in [0, 0.05) is 6.54 Å². The first kappa shape index (κ1) is 9.81. The monoisotopic (exact) mass is 177 g/mol. The number of rotatable bonds is 4. The van der Waals surface area contributed by atoms with Crippen LogP contribution in [0.25, 0.3) is 0 Å². The van der Waals surface area contributed by atoms with E-state index in [0.717, 1.165) is 5.75 Å². The van der Waals surface area contributed by atoms with Crippen LogP contribution in [0.15, 0.2) is 30.9 Å². The van der Waals surface area contributed by atoms with Crippen molar-refractivity contribution >= 4 is 0 Å². The van der Waals surface area contributed by atoms with Gasteiger partial charge in [-0.3, -0.25) is 0 Å². The second kappa shape index (κ2) is 4.67. The summed E-state index contributed by atoms with van der Waals surface area (Å²) in [6.45, 7) is 8.33. The van der Waals surface area contributed by atoms with Crippen molar-refractivity contribution in [1.29, 1.82) is 0 Å². The molecule has 2 heteroatoms. The number of benzene rings is 1. The summed E-state index contributed by atoms with van der Waals surface area (Å²) in [6.07, 6.45) is 1.75. The second-order valence-electron chi connectivity index (χ2n) is 3.06. The zero-order chi connectivity index (χ0) is 9.68. The van der Waals surface area contributed by atoms with E-state index in [0.29, 0.717) is 6.54 Å². The molecule has 0 heterocycles. The summed E-state index contributed by atoms with van der Waals surface area (Å²) in [4.78, 5) is 5.29. The number of hydrogen-bond acceptors (Lipinski definition) is 2. The van der Waals surface area contributed by atoms with Crippen molar-refractivity contribution in [1.82, 2.24) is 5.48 Å². The van der Waals surface area contributed by atoms with E-state index in [1.165, 1.54) is 11.1 Å². The van der Waals surface area contributed by atoms with E-state index in [4.69, 9.17) is 4.84 Å². The highest BCUT2D eigenvalue weighted by atomic mass is 16.6. The van der Waals surface area contributed by atoms with Gasteiger partial charge in [-0.2, -0.15) is 5.48 Å². The highest BCUT2D eigenvalue weighted by Gasteiger charge is 1.95. The first-order chi connectivity index (χ1) is 6.22. The second-order valence-corrected chi connectivity index (χ2v) is 3.06. The van der Waals surface area contributed by atoms with E-state index in [9.17, 15) is 0 Å². The standard InChI is InChI=1S/C11H15NO/c1-4-5-12-13-11-7-9(2)6-10(3)8-11/h4,6-8,12H,1,5H2,2-3H3. The van der Waals surface area contributed by atoms with Crippen LogP contribution in [0.3, 0.4) is 0 Å². The summed E-state index contributed by atoms with van der Waals surface area (Å²) < 4.78 is 0. The summed E-state index contributed by atoms with van der Waals surface area (Å²) in [5.41, 5.74) is 5.20. The van der Waals surface area contributed by atoms with Gasteiger partial charge >= 0.3 is 0 Å². The van der Waals surface area contributed by atoms with Gasteiger partial charge in [0.15, 0.2) is 0 Å². The van der Waals surface area contributed by atoms with Crippen molar-refractivity contribution in [3.63, 3.8) is 0 Å². The normalized spacial score (nSPS) is 9.69. The van der Waals surface area contributed by atoms with E-state index in [1.807, 2.05) is 26.0 Å². The Morgan fingerprint density at radius 1 is 1.31 bits per heavy atom. The maximum absolute atomic E-state index is 5.29. The zero-order valence-corrected chi connectivity index (χ0v) is 8.13. The molecule has 0 radical (unpaired) electrons. The van der Waals surface area contributed by atoms with Crippen molar-refractivity contribution in [2.45, 2.75) is 13.8 Å². The molecule has 0 aromatic heterocycles. The quantitative estimate of drug-likeness (QED) is 0.433. The molecule has 0 amide bonds. The lowest BCUT2D eigenvalue weighted by Gasteiger charge is -2.06. The van der Waals surface area contributed by atoms with Gasteiger partial charge < -0.3 is 4.84 Å². The molecule has 1 rings (SSSR count). The van der Waals surface area contributed by atoms with Crippen LogP contribution in [-0.2, 0) is 0 Å². The molecule has 0 aliphatic carbocycles. The van der Waals surface area contributed by atoms with Crippen LogP contribution < -0.4 is 10.3 Å². The summed E-state index contributed by atoms with van der Waals surface area (Å²) >= 11 is 0. The van der Waals surface area contributed by atoms with E-state index >= 15 is 0 Å². The molecule has 0 bridgehead atoms. The fraction of sp³-hybridized carbons (Fsp3) is 0.273. The molecule has 0 aliphatic rings. The number of aryl methyl sites for hydroxylation is 2. The molecule has 1 aromatic carbocycles. The number of nitrogens with one attached hydrogen (secondary N) is 1. The van der Waals surface area contributed by atoms with E-state index in [2.05, 4.69) is 18.1 Å². The number of hydrogen-bond donors (Lipinski definition) is 1. The molecular weight excluding hydrogens is 162 g/mol. The predicted octanol–water partition coefficient (Wildman–Crippen LogP) is 2.37. The Labute approximate surface area is 79.2 Å². The first-order valence-electron chi connectivity index (χ1n) is 4.31. The van der Waals surface area contributed by atoms with Crippen LogP contribution in [0, 0.1) is 13.8 Å². The lowest BCUT2D eigenvalue weighted by Crippen LogP contribution is -2.17. The SMILES string of the molecule is C=CCNOc1cc(C)cc(C)c1. The van der Waals surface area contributed by atoms with Crippen molar-refractivity contribution < 1.29 is 4.84 Å².